The summed E-state index contributed by atoms with van der Waals surface area (Å²) >= 11 is 0. The van der Waals surface area contributed by atoms with Crippen LogP contribution in [-0.4, -0.2) is 30.3 Å². The first-order valence-corrected chi connectivity index (χ1v) is 8.28. The van der Waals surface area contributed by atoms with Crippen molar-refractivity contribution in [3.05, 3.63) is 0 Å². The van der Waals surface area contributed by atoms with E-state index in [0.29, 0.717) is 17.6 Å². The number of likely N-dealkylation sites (N-methyl/N-ethyl adjacent to an activating group) is 1. The molecule has 0 spiro atoms. The summed E-state index contributed by atoms with van der Waals surface area (Å²) < 4.78 is 0. The quantitative estimate of drug-likeness (QED) is 0.718. The van der Waals surface area contributed by atoms with Gasteiger partial charge < -0.3 is 0 Å². The predicted molar refractivity (Wildman–Crippen MR) is 80.2 cm³/mol. The molecule has 0 radical (unpaired) electrons. The first kappa shape index (κ1) is 15.0. The molecule has 0 aromatic carbocycles. The molecule has 110 valence electrons. The maximum atomic E-state index is 13.2. The predicted octanol–water partition coefficient (Wildman–Crippen LogP) is 4.04. The summed E-state index contributed by atoms with van der Waals surface area (Å²) in [7, 11) is 4.24. The average molecular weight is 265 g/mol. The van der Waals surface area contributed by atoms with Crippen LogP contribution in [0.4, 0.5) is 0 Å². The minimum atomic E-state index is -0.146. The molecule has 0 N–H and O–H groups in total. The lowest BCUT2D eigenvalue weighted by molar-refractivity contribution is -0.137. The van der Waals surface area contributed by atoms with E-state index in [1.807, 2.05) is 0 Å². The molecule has 0 aliphatic heterocycles. The van der Waals surface area contributed by atoms with Crippen LogP contribution in [0.1, 0.15) is 71.1 Å². The van der Waals surface area contributed by atoms with Crippen molar-refractivity contribution < 1.29 is 4.79 Å². The third kappa shape index (κ3) is 3.21. The zero-order valence-electron chi connectivity index (χ0n) is 13.1. The van der Waals surface area contributed by atoms with Gasteiger partial charge in [-0.1, -0.05) is 45.4 Å². The average Bonchev–Trinajstić information content (AvgIpc) is 2.66. The Kier molecular flexibility index (Phi) is 5.05. The second kappa shape index (κ2) is 6.39. The number of hydrogen-bond acceptors (Lipinski definition) is 2. The molecule has 0 bridgehead atoms. The Labute approximate surface area is 118 Å². The summed E-state index contributed by atoms with van der Waals surface area (Å²) in [6.45, 7) is 2.32. The van der Waals surface area contributed by atoms with Crippen LogP contribution in [0, 0.1) is 11.8 Å². The summed E-state index contributed by atoms with van der Waals surface area (Å²) in [4.78, 5) is 15.4. The monoisotopic (exact) mass is 265 g/mol. The first-order chi connectivity index (χ1) is 9.06. The van der Waals surface area contributed by atoms with E-state index >= 15 is 0 Å². The number of carbonyl (C=O) groups is 1. The van der Waals surface area contributed by atoms with Crippen molar-refractivity contribution in [3.8, 4) is 0 Å². The van der Waals surface area contributed by atoms with Gasteiger partial charge in [-0.15, -0.1) is 0 Å². The molecule has 2 nitrogen and oxygen atoms in total. The van der Waals surface area contributed by atoms with Crippen LogP contribution in [0.3, 0.4) is 0 Å². The second-order valence-corrected chi connectivity index (χ2v) is 7.18. The van der Waals surface area contributed by atoms with E-state index in [2.05, 4.69) is 25.9 Å². The van der Waals surface area contributed by atoms with Gasteiger partial charge >= 0.3 is 0 Å². The van der Waals surface area contributed by atoms with Crippen LogP contribution in [0.25, 0.3) is 0 Å². The van der Waals surface area contributed by atoms with Crippen LogP contribution < -0.4 is 0 Å². The van der Waals surface area contributed by atoms with Crippen molar-refractivity contribution in [1.29, 1.82) is 0 Å². The number of rotatable bonds is 3. The SMILES string of the molecule is CC1CCCC(C(=O)C2CCCCCC2)(N(C)C)C1. The van der Waals surface area contributed by atoms with E-state index in [-0.39, 0.29) is 5.54 Å². The molecule has 0 aromatic heterocycles. The Balaban J connectivity index is 2.15. The minimum Gasteiger partial charge on any atom is -0.297 e. The van der Waals surface area contributed by atoms with Gasteiger partial charge in [-0.2, -0.15) is 0 Å². The lowest BCUT2D eigenvalue weighted by atomic mass is 9.69. The van der Waals surface area contributed by atoms with Gasteiger partial charge in [0.25, 0.3) is 0 Å². The maximum absolute atomic E-state index is 13.2. The molecule has 2 fully saturated rings. The molecule has 2 rings (SSSR count). The van der Waals surface area contributed by atoms with Gasteiger partial charge in [0.2, 0.25) is 0 Å². The smallest absolute Gasteiger partial charge is 0.156 e. The van der Waals surface area contributed by atoms with Crippen molar-refractivity contribution in [3.63, 3.8) is 0 Å². The lowest BCUT2D eigenvalue weighted by Crippen LogP contribution is -2.55. The van der Waals surface area contributed by atoms with Crippen LogP contribution in [0.2, 0.25) is 0 Å². The molecule has 2 saturated carbocycles. The minimum absolute atomic E-state index is 0.146. The first-order valence-electron chi connectivity index (χ1n) is 8.28. The standard InChI is InChI=1S/C17H31NO/c1-14-9-8-12-17(13-14,18(2)3)16(19)15-10-6-4-5-7-11-15/h14-15H,4-13H2,1-3H3. The van der Waals surface area contributed by atoms with E-state index in [1.165, 1.54) is 38.5 Å². The highest BCUT2D eigenvalue weighted by Crippen LogP contribution is 2.40. The molecule has 2 heteroatoms. The van der Waals surface area contributed by atoms with Crippen molar-refractivity contribution in [2.45, 2.75) is 76.7 Å². The highest BCUT2D eigenvalue weighted by atomic mass is 16.1. The molecule has 0 saturated heterocycles. The highest BCUT2D eigenvalue weighted by Gasteiger charge is 2.45. The van der Waals surface area contributed by atoms with Crippen molar-refractivity contribution in [2.75, 3.05) is 14.1 Å². The fourth-order valence-corrected chi connectivity index (χ4v) is 4.30. The number of nitrogens with zero attached hydrogens (tertiary/aromatic N) is 1. The van der Waals surface area contributed by atoms with Gasteiger partial charge in [-0.05, 0) is 45.7 Å². The summed E-state index contributed by atoms with van der Waals surface area (Å²) in [5.41, 5.74) is -0.146. The molecule has 2 aliphatic rings. The van der Waals surface area contributed by atoms with E-state index < -0.39 is 0 Å². The summed E-state index contributed by atoms with van der Waals surface area (Å²) in [5, 5.41) is 0. The van der Waals surface area contributed by atoms with E-state index in [9.17, 15) is 4.79 Å². The molecule has 2 atom stereocenters. The van der Waals surface area contributed by atoms with E-state index in [4.69, 9.17) is 0 Å². The van der Waals surface area contributed by atoms with E-state index in [0.717, 1.165) is 25.7 Å². The number of Topliss-reactive ketones (excluding diaryl/α,β-unsaturated/α-hetero) is 1. The Morgan fingerprint density at radius 2 is 1.63 bits per heavy atom. The van der Waals surface area contributed by atoms with Crippen molar-refractivity contribution in [2.24, 2.45) is 11.8 Å². The summed E-state index contributed by atoms with van der Waals surface area (Å²) in [6, 6.07) is 0. The zero-order valence-corrected chi connectivity index (χ0v) is 13.1. The molecule has 0 amide bonds. The van der Waals surface area contributed by atoms with Crippen molar-refractivity contribution >= 4 is 5.78 Å². The molecule has 0 aromatic rings. The fraction of sp³-hybridized carbons (Fsp3) is 0.941. The second-order valence-electron chi connectivity index (χ2n) is 7.18. The molecule has 0 heterocycles. The van der Waals surface area contributed by atoms with Gasteiger partial charge in [-0.3, -0.25) is 9.69 Å². The van der Waals surface area contributed by atoms with Gasteiger partial charge in [0.1, 0.15) is 0 Å². The summed E-state index contributed by atoms with van der Waals surface area (Å²) in [5.74, 6) is 1.62. The lowest BCUT2D eigenvalue weighted by Gasteiger charge is -2.45. The van der Waals surface area contributed by atoms with Gasteiger partial charge in [0, 0.05) is 5.92 Å². The Morgan fingerprint density at radius 1 is 1.00 bits per heavy atom. The fourth-order valence-electron chi connectivity index (χ4n) is 4.30. The van der Waals surface area contributed by atoms with Crippen LogP contribution in [0.5, 0.6) is 0 Å². The molecule has 2 aliphatic carbocycles. The van der Waals surface area contributed by atoms with Crippen LogP contribution in [-0.2, 0) is 4.79 Å². The Hall–Kier alpha value is -0.370. The largest absolute Gasteiger partial charge is 0.297 e. The Morgan fingerprint density at radius 3 is 2.16 bits per heavy atom. The normalized spacial score (nSPS) is 34.2. The zero-order chi connectivity index (χ0) is 13.9. The van der Waals surface area contributed by atoms with Gasteiger partial charge in [0.05, 0.1) is 5.54 Å². The van der Waals surface area contributed by atoms with E-state index in [1.54, 1.807) is 0 Å². The maximum Gasteiger partial charge on any atom is 0.156 e. The number of carbonyl (C=O) groups excluding carboxylic acids is 1. The summed E-state index contributed by atoms with van der Waals surface area (Å²) in [6.07, 6.45) is 12.1. The number of hydrogen-bond donors (Lipinski definition) is 0. The third-order valence-electron chi connectivity index (χ3n) is 5.51. The van der Waals surface area contributed by atoms with Crippen LogP contribution in [0.15, 0.2) is 0 Å². The molecule has 19 heavy (non-hydrogen) atoms. The Bertz CT molecular complexity index is 304. The third-order valence-corrected chi connectivity index (χ3v) is 5.51. The van der Waals surface area contributed by atoms with Gasteiger partial charge in [0.15, 0.2) is 5.78 Å². The highest BCUT2D eigenvalue weighted by molar-refractivity contribution is 5.90. The van der Waals surface area contributed by atoms with Crippen LogP contribution >= 0.6 is 0 Å². The topological polar surface area (TPSA) is 20.3 Å². The number of ketones is 1. The van der Waals surface area contributed by atoms with Crippen molar-refractivity contribution in [1.82, 2.24) is 4.90 Å². The molecule has 2 unspecified atom stereocenters. The molecular formula is C17H31NO. The van der Waals surface area contributed by atoms with Gasteiger partial charge in [-0.25, -0.2) is 0 Å². The molecular weight excluding hydrogens is 234 g/mol.